The number of H-pyrrole nitrogens is 2. The van der Waals surface area contributed by atoms with Gasteiger partial charge in [0.1, 0.15) is 48.3 Å². The summed E-state index contributed by atoms with van der Waals surface area (Å²) in [6.45, 7) is 3.81. The van der Waals surface area contributed by atoms with E-state index in [0.29, 0.717) is 42.0 Å². The zero-order valence-corrected chi connectivity index (χ0v) is 47.0. The molecule has 0 unspecified atom stereocenters. The number of rotatable bonds is 37. The Balaban J connectivity index is 1.58. The van der Waals surface area contributed by atoms with Gasteiger partial charge in [0.25, 0.3) is 0 Å². The molecule has 82 heavy (non-hydrogen) atoms. The van der Waals surface area contributed by atoms with Crippen LogP contribution in [-0.4, -0.2) is 185 Å². The van der Waals surface area contributed by atoms with Crippen molar-refractivity contribution in [3.05, 3.63) is 72.3 Å². The number of aliphatic carboxylic acids is 3. The van der Waals surface area contributed by atoms with Crippen molar-refractivity contribution >= 4 is 76.9 Å². The molecule has 28 nitrogen and oxygen atoms in total. The number of amides is 8. The molecule has 1 aliphatic heterocycles. The van der Waals surface area contributed by atoms with Crippen molar-refractivity contribution in [3.63, 3.8) is 0 Å². The predicted octanol–water partition coefficient (Wildman–Crippen LogP) is -1.39. The molecule has 450 valence electrons. The number of benzene rings is 1. The van der Waals surface area contributed by atoms with Gasteiger partial charge in [-0.1, -0.05) is 44.2 Å². The number of aromatic amines is 2. The standard InChI is InChI=1S/C53H78N14O14S/c1-30(2)22-38(49(76)61-37(15-17-44(70)71)48(75)66-41(53(80)81)25-33-27-57-29-59-33)63-46(73)35(12-7-8-19-54)62-51(78)42-13-9-20-67(42)52(79)40(24-32-26-56-28-58-32)65-50(77)39(23-31-10-5-4-6-11-31)64-47(74)36(14-16-43(68)69)60-45(72)34(55)18-21-82-3/h4-6,10-11,26-30,34-42H,7-9,12-25,54-55H2,1-3H3,(H,56,58)(H,57,59)(H,60,72)(H,61,76)(H,62,78)(H,63,73)(H,64,74)(H,65,77)(H,66,75)(H,68,69)(H,70,71)(H,80,81)/t34-,35-,36-,37-,38-,39-,40-,41-,42-/m0/s1. The van der Waals surface area contributed by atoms with Crippen molar-refractivity contribution in [3.8, 4) is 0 Å². The second-order valence-electron chi connectivity index (χ2n) is 20.4. The average molecular weight is 1170 g/mol. The Kier molecular flexibility index (Phi) is 27.9. The van der Waals surface area contributed by atoms with Crippen LogP contribution in [0.4, 0.5) is 0 Å². The van der Waals surface area contributed by atoms with Gasteiger partial charge in [-0.25, -0.2) is 14.8 Å². The summed E-state index contributed by atoms with van der Waals surface area (Å²) in [5.41, 5.74) is 13.2. The second kappa shape index (κ2) is 34.4. The number of imidazole rings is 2. The van der Waals surface area contributed by atoms with Gasteiger partial charge in [0, 0.05) is 62.4 Å². The van der Waals surface area contributed by atoms with Crippen LogP contribution in [-0.2, 0) is 72.0 Å². The van der Waals surface area contributed by atoms with Crippen molar-refractivity contribution < 1.29 is 68.1 Å². The summed E-state index contributed by atoms with van der Waals surface area (Å²) in [5.74, 6) is -10.2. The highest BCUT2D eigenvalue weighted by molar-refractivity contribution is 7.98. The van der Waals surface area contributed by atoms with Gasteiger partial charge in [-0.15, -0.1) is 0 Å². The fraction of sp³-hybridized carbons (Fsp3) is 0.566. The molecule has 0 saturated carbocycles. The summed E-state index contributed by atoms with van der Waals surface area (Å²) >= 11 is 1.46. The van der Waals surface area contributed by atoms with Crippen LogP contribution in [0, 0.1) is 5.92 Å². The molecular weight excluding hydrogens is 1090 g/mol. The van der Waals surface area contributed by atoms with E-state index in [9.17, 15) is 68.1 Å². The van der Waals surface area contributed by atoms with E-state index in [2.05, 4.69) is 57.2 Å². The van der Waals surface area contributed by atoms with Gasteiger partial charge < -0.3 is 78.9 Å². The van der Waals surface area contributed by atoms with Crippen molar-refractivity contribution in [2.24, 2.45) is 17.4 Å². The van der Waals surface area contributed by atoms with Crippen LogP contribution < -0.4 is 48.7 Å². The van der Waals surface area contributed by atoms with Gasteiger partial charge >= 0.3 is 17.9 Å². The molecule has 0 aliphatic carbocycles. The highest BCUT2D eigenvalue weighted by Gasteiger charge is 2.41. The molecule has 8 amide bonds. The fourth-order valence-corrected chi connectivity index (χ4v) is 9.51. The smallest absolute Gasteiger partial charge is 0.326 e. The van der Waals surface area contributed by atoms with Crippen LogP contribution in [0.1, 0.15) is 101 Å². The molecule has 1 aliphatic rings. The van der Waals surface area contributed by atoms with Crippen molar-refractivity contribution in [2.75, 3.05) is 25.1 Å². The Hall–Kier alpha value is -7.92. The van der Waals surface area contributed by atoms with E-state index < -0.39 is 139 Å². The molecule has 4 rings (SSSR count). The second-order valence-corrected chi connectivity index (χ2v) is 21.4. The molecule has 1 saturated heterocycles. The Labute approximate surface area is 478 Å². The minimum atomic E-state index is -1.55. The lowest BCUT2D eigenvalue weighted by atomic mass is 10.0. The van der Waals surface area contributed by atoms with E-state index in [-0.39, 0.29) is 70.4 Å². The quantitative estimate of drug-likeness (QED) is 0.0296. The number of hydrogen-bond acceptors (Lipinski definition) is 16. The lowest BCUT2D eigenvalue weighted by Gasteiger charge is -2.31. The molecular formula is C53H78N14O14S. The maximum absolute atomic E-state index is 14.8. The van der Waals surface area contributed by atoms with E-state index in [1.54, 1.807) is 44.2 Å². The molecule has 1 fully saturated rings. The average Bonchev–Trinajstić information content (AvgIpc) is 4.43. The molecule has 3 aromatic rings. The van der Waals surface area contributed by atoms with Crippen LogP contribution in [0.3, 0.4) is 0 Å². The number of likely N-dealkylation sites (tertiary alicyclic amines) is 1. The largest absolute Gasteiger partial charge is 0.481 e. The summed E-state index contributed by atoms with van der Waals surface area (Å²) in [6, 6.07) is -3.51. The van der Waals surface area contributed by atoms with Crippen molar-refractivity contribution in [2.45, 2.75) is 158 Å². The summed E-state index contributed by atoms with van der Waals surface area (Å²) in [6.07, 6.45) is 6.48. The van der Waals surface area contributed by atoms with E-state index in [1.165, 1.54) is 41.7 Å². The third-order valence-electron chi connectivity index (χ3n) is 13.4. The third kappa shape index (κ3) is 22.6. The molecule has 29 heteroatoms. The predicted molar refractivity (Wildman–Crippen MR) is 298 cm³/mol. The summed E-state index contributed by atoms with van der Waals surface area (Å²) in [4.78, 5) is 163. The Morgan fingerprint density at radius 2 is 1.13 bits per heavy atom. The third-order valence-corrected chi connectivity index (χ3v) is 14.0. The van der Waals surface area contributed by atoms with Crippen LogP contribution in [0.15, 0.2) is 55.4 Å². The van der Waals surface area contributed by atoms with Crippen LogP contribution >= 0.6 is 11.8 Å². The number of carboxylic acid groups (broad SMARTS) is 3. The number of aromatic nitrogens is 4. The highest BCUT2D eigenvalue weighted by atomic mass is 32.2. The van der Waals surface area contributed by atoms with E-state index >= 15 is 0 Å². The zero-order chi connectivity index (χ0) is 60.3. The van der Waals surface area contributed by atoms with Gasteiger partial charge in [-0.3, -0.25) is 47.9 Å². The fourth-order valence-electron chi connectivity index (χ4n) is 9.02. The molecule has 16 N–H and O–H groups in total. The topological polar surface area (TPSA) is 445 Å². The van der Waals surface area contributed by atoms with E-state index in [0.717, 1.165) is 0 Å². The number of nitrogens with one attached hydrogen (secondary N) is 9. The molecule has 0 bridgehead atoms. The lowest BCUT2D eigenvalue weighted by Crippen LogP contribution is -2.60. The molecule has 1 aromatic carbocycles. The summed E-state index contributed by atoms with van der Waals surface area (Å²) in [5, 5.41) is 47.1. The number of carbonyl (C=O) groups is 11. The molecule has 0 spiro atoms. The first-order valence-corrected chi connectivity index (χ1v) is 28.5. The van der Waals surface area contributed by atoms with Crippen molar-refractivity contribution in [1.29, 1.82) is 0 Å². The van der Waals surface area contributed by atoms with Gasteiger partial charge in [0.05, 0.1) is 18.7 Å². The highest BCUT2D eigenvalue weighted by Crippen LogP contribution is 2.21. The Bertz CT molecular complexity index is 2590. The van der Waals surface area contributed by atoms with Crippen LogP contribution in [0.2, 0.25) is 0 Å². The minimum Gasteiger partial charge on any atom is -0.481 e. The summed E-state index contributed by atoms with van der Waals surface area (Å²) in [7, 11) is 0. The first-order valence-electron chi connectivity index (χ1n) is 27.1. The number of unbranched alkanes of at least 4 members (excludes halogenated alkanes) is 1. The number of thioether (sulfide) groups is 1. The minimum absolute atomic E-state index is 0.00514. The zero-order valence-electron chi connectivity index (χ0n) is 46.2. The number of nitrogens with zero attached hydrogens (tertiary/aromatic N) is 3. The molecule has 0 radical (unpaired) electrons. The summed E-state index contributed by atoms with van der Waals surface area (Å²) < 4.78 is 0. The maximum Gasteiger partial charge on any atom is 0.326 e. The monoisotopic (exact) mass is 1170 g/mol. The number of carbonyl (C=O) groups excluding carboxylic acids is 8. The maximum atomic E-state index is 14.8. The molecule has 3 heterocycles. The number of hydrogen-bond donors (Lipinski definition) is 14. The van der Waals surface area contributed by atoms with Gasteiger partial charge in [0.15, 0.2) is 0 Å². The van der Waals surface area contributed by atoms with Gasteiger partial charge in [0.2, 0.25) is 47.3 Å². The Morgan fingerprint density at radius 1 is 0.634 bits per heavy atom. The van der Waals surface area contributed by atoms with Crippen LogP contribution in [0.5, 0.6) is 0 Å². The molecule has 2 aromatic heterocycles. The lowest BCUT2D eigenvalue weighted by molar-refractivity contribution is -0.143. The van der Waals surface area contributed by atoms with E-state index in [4.69, 9.17) is 11.5 Å². The Morgan fingerprint density at radius 3 is 1.66 bits per heavy atom. The number of carboxylic acids is 3. The normalized spacial score (nSPS) is 16.0. The van der Waals surface area contributed by atoms with Gasteiger partial charge in [-0.2, -0.15) is 11.8 Å². The van der Waals surface area contributed by atoms with Gasteiger partial charge in [-0.05, 0) is 87.8 Å². The molecule has 9 atom stereocenters. The van der Waals surface area contributed by atoms with Crippen molar-refractivity contribution in [1.82, 2.24) is 62.1 Å². The number of nitrogens with two attached hydrogens (primary N) is 2. The first kappa shape index (κ1) is 66.6. The SMILES string of the molecule is CSCC[C@H](N)C(=O)N[C@@H](CCC(=O)O)C(=O)N[C@@H](Cc1ccccc1)C(=O)N[C@@H](Cc1cnc[nH]1)C(=O)N1CCC[C@H]1C(=O)N[C@@H](CCCCN)C(=O)N[C@@H](CC(C)C)C(=O)N[C@@H](CCC(=O)O)C(=O)N[C@@H](Cc1cnc[nH]1)C(=O)O. The first-order chi connectivity index (χ1) is 39.1. The van der Waals surface area contributed by atoms with Crippen LogP contribution in [0.25, 0.3) is 0 Å². The van der Waals surface area contributed by atoms with E-state index in [1.807, 2.05) is 6.26 Å².